The van der Waals surface area contributed by atoms with E-state index in [0.717, 1.165) is 30.0 Å². The summed E-state index contributed by atoms with van der Waals surface area (Å²) in [5.74, 6) is -0.377. The molecule has 0 saturated carbocycles. The number of aromatic nitrogens is 2. The molecule has 248 valence electrons. The van der Waals surface area contributed by atoms with Gasteiger partial charge in [-0.15, -0.1) is 0 Å². The molecule has 0 aliphatic carbocycles. The Morgan fingerprint density at radius 1 is 0.930 bits per heavy atom. The lowest BCUT2D eigenvalue weighted by molar-refractivity contribution is -0.116. The Morgan fingerprint density at radius 2 is 1.47 bits per heavy atom. The van der Waals surface area contributed by atoms with Gasteiger partial charge in [-0.3, -0.25) is 18.4 Å². The fraction of sp³-hybridized carbons (Fsp3) is 0.808. The second-order valence-corrected chi connectivity index (χ2v) is 13.2. The molecule has 1 aliphatic heterocycles. The van der Waals surface area contributed by atoms with Crippen LogP contribution in [0.15, 0.2) is 17.1 Å². The number of rotatable bonds is 22. The van der Waals surface area contributed by atoms with Gasteiger partial charge in [-0.05, 0) is 12.5 Å². The van der Waals surface area contributed by atoms with E-state index in [4.69, 9.17) is 14.5 Å². The van der Waals surface area contributed by atoms with Crippen LogP contribution in [0, 0.1) is 0 Å². The highest BCUT2D eigenvalue weighted by Gasteiger charge is 2.49. The first-order valence-electron chi connectivity index (χ1n) is 15.0. The molecule has 0 unspecified atom stereocenters. The minimum absolute atomic E-state index is 0.0519. The molecule has 1 saturated heterocycles. The summed E-state index contributed by atoms with van der Waals surface area (Å²) in [6.07, 6.45) is 11.4. The summed E-state index contributed by atoms with van der Waals surface area (Å²) in [5.41, 5.74) is -0.998. The first-order chi connectivity index (χ1) is 20.3. The van der Waals surface area contributed by atoms with Gasteiger partial charge in [-0.2, -0.15) is 4.98 Å². The van der Waals surface area contributed by atoms with Crippen molar-refractivity contribution >= 4 is 27.4 Å². The average Bonchev–Trinajstić information content (AvgIpc) is 3.20. The molecule has 0 radical (unpaired) electrons. The molecule has 1 fully saturated rings. The lowest BCUT2D eigenvalue weighted by Crippen LogP contribution is -2.37. The number of hydrogen-bond donors (Lipinski definition) is 6. The maximum absolute atomic E-state index is 12.7. The van der Waals surface area contributed by atoms with Crippen molar-refractivity contribution in [3.05, 3.63) is 22.7 Å². The Labute approximate surface area is 251 Å². The van der Waals surface area contributed by atoms with Crippen molar-refractivity contribution < 1.29 is 52.4 Å². The normalized spacial score (nSPS) is 20.9. The van der Waals surface area contributed by atoms with Gasteiger partial charge in [0, 0.05) is 12.6 Å². The minimum atomic E-state index is -5.19. The van der Waals surface area contributed by atoms with Crippen molar-refractivity contribution in [3.63, 3.8) is 0 Å². The molecular weight excluding hydrogens is 608 g/mol. The molecule has 2 heterocycles. The van der Waals surface area contributed by atoms with Crippen molar-refractivity contribution in [2.24, 2.45) is 0 Å². The molecule has 0 spiro atoms. The number of nitrogens with one attached hydrogen (secondary N) is 1. The zero-order valence-electron chi connectivity index (χ0n) is 24.7. The Morgan fingerprint density at radius 3 is 1.95 bits per heavy atom. The number of unbranched alkanes of at least 4 members (excludes halogenated alkanes) is 13. The first-order valence-corrected chi connectivity index (χ1v) is 18.0. The minimum Gasteiger partial charge on any atom is -0.387 e. The van der Waals surface area contributed by atoms with E-state index in [1.165, 1.54) is 70.3 Å². The monoisotopic (exact) mass is 655 g/mol. The zero-order chi connectivity index (χ0) is 31.9. The van der Waals surface area contributed by atoms with Gasteiger partial charge in [0.05, 0.1) is 6.61 Å². The highest BCUT2D eigenvalue weighted by Crippen LogP contribution is 2.45. The first kappa shape index (κ1) is 37.7. The Kier molecular flexibility index (Phi) is 16.7. The number of aliphatic hydroxyl groups is 1. The molecule has 0 aromatic carbocycles. The number of amides is 1. The van der Waals surface area contributed by atoms with E-state index in [9.17, 15) is 33.6 Å². The van der Waals surface area contributed by atoms with E-state index >= 15 is 0 Å². The van der Waals surface area contributed by atoms with Crippen LogP contribution in [-0.4, -0.2) is 65.1 Å². The molecular formula is C26H47N3O12P2. The molecule has 15 nitrogen and oxygen atoms in total. The van der Waals surface area contributed by atoms with Crippen molar-refractivity contribution in [1.29, 1.82) is 0 Å². The smallest absolute Gasteiger partial charge is 0.387 e. The van der Waals surface area contributed by atoms with E-state index in [-0.39, 0.29) is 18.1 Å². The molecule has 43 heavy (non-hydrogen) atoms. The second kappa shape index (κ2) is 19.1. The molecule has 4 atom stereocenters. The third-order valence-corrected chi connectivity index (χ3v) is 8.11. The van der Waals surface area contributed by atoms with E-state index < -0.39 is 52.5 Å². The molecule has 0 bridgehead atoms. The SMILES string of the molecule is CCCCCCCCCCCCCCCCC(=O)Nc1ccn([C@@H]2O[C@H](COP(=O)(O)O)[C@@H](O)[C@H]2OP(=O)(O)O)c(=O)n1. The maximum atomic E-state index is 12.7. The van der Waals surface area contributed by atoms with Gasteiger partial charge in [-0.1, -0.05) is 90.4 Å². The number of phosphoric ester groups is 2. The summed E-state index contributed by atoms with van der Waals surface area (Å²) in [6, 6.07) is 1.26. The van der Waals surface area contributed by atoms with Crippen molar-refractivity contribution in [3.8, 4) is 0 Å². The van der Waals surface area contributed by atoms with Crippen LogP contribution in [0.1, 0.15) is 109 Å². The molecule has 1 aromatic rings. The molecule has 1 amide bonds. The van der Waals surface area contributed by atoms with Gasteiger partial charge in [0.15, 0.2) is 6.23 Å². The van der Waals surface area contributed by atoms with Gasteiger partial charge in [0.1, 0.15) is 24.1 Å². The number of hydrogen-bond acceptors (Lipinski definition) is 9. The van der Waals surface area contributed by atoms with Crippen molar-refractivity contribution in [2.45, 2.75) is 128 Å². The predicted molar refractivity (Wildman–Crippen MR) is 157 cm³/mol. The van der Waals surface area contributed by atoms with Crippen LogP contribution in [0.2, 0.25) is 0 Å². The van der Waals surface area contributed by atoms with E-state index in [2.05, 4.69) is 26.3 Å². The quantitative estimate of drug-likeness (QED) is 0.0770. The summed E-state index contributed by atoms with van der Waals surface area (Å²) in [7, 11) is -10.1. The second-order valence-electron chi connectivity index (χ2n) is 10.8. The molecule has 17 heteroatoms. The number of carbonyl (C=O) groups is 1. The Balaban J connectivity index is 1.76. The van der Waals surface area contributed by atoms with E-state index in [1.807, 2.05) is 0 Å². The zero-order valence-corrected chi connectivity index (χ0v) is 26.4. The number of aliphatic hydroxyl groups excluding tert-OH is 1. The van der Waals surface area contributed by atoms with Gasteiger partial charge in [-0.25, -0.2) is 13.9 Å². The topological polar surface area (TPSA) is 227 Å². The van der Waals surface area contributed by atoms with Crippen LogP contribution in [0.4, 0.5) is 5.82 Å². The Bertz CT molecular complexity index is 1120. The van der Waals surface area contributed by atoms with Gasteiger partial charge >= 0.3 is 21.3 Å². The number of phosphoric acid groups is 2. The third-order valence-electron chi connectivity index (χ3n) is 7.11. The van der Waals surface area contributed by atoms with Crippen LogP contribution in [0.3, 0.4) is 0 Å². The maximum Gasteiger partial charge on any atom is 0.470 e. The fourth-order valence-corrected chi connectivity index (χ4v) is 5.77. The van der Waals surface area contributed by atoms with E-state index in [1.54, 1.807) is 0 Å². The third kappa shape index (κ3) is 15.4. The highest BCUT2D eigenvalue weighted by molar-refractivity contribution is 7.46. The predicted octanol–water partition coefficient (Wildman–Crippen LogP) is 3.90. The van der Waals surface area contributed by atoms with Crippen molar-refractivity contribution in [1.82, 2.24) is 9.55 Å². The summed E-state index contributed by atoms with van der Waals surface area (Å²) >= 11 is 0. The van der Waals surface area contributed by atoms with Gasteiger partial charge < -0.3 is 34.7 Å². The molecule has 2 rings (SSSR count). The van der Waals surface area contributed by atoms with Crippen LogP contribution >= 0.6 is 15.6 Å². The molecule has 1 aliphatic rings. The number of nitrogens with zero attached hydrogens (tertiary/aromatic N) is 2. The summed E-state index contributed by atoms with van der Waals surface area (Å²) < 4.78 is 37.5. The lowest BCUT2D eigenvalue weighted by atomic mass is 10.0. The summed E-state index contributed by atoms with van der Waals surface area (Å²) in [5, 5.41) is 12.9. The van der Waals surface area contributed by atoms with E-state index in [0.29, 0.717) is 6.42 Å². The molecule has 6 N–H and O–H groups in total. The average molecular weight is 656 g/mol. The van der Waals surface area contributed by atoms with Gasteiger partial charge in [0.25, 0.3) is 0 Å². The molecule has 1 aromatic heterocycles. The summed E-state index contributed by atoms with van der Waals surface area (Å²) in [6.45, 7) is 1.36. The van der Waals surface area contributed by atoms with Crippen LogP contribution in [0.25, 0.3) is 0 Å². The van der Waals surface area contributed by atoms with Gasteiger partial charge in [0.2, 0.25) is 5.91 Å². The highest BCUT2D eigenvalue weighted by atomic mass is 31.2. The standard InChI is InChI=1S/C26H47N3O12P2/c1-2-3-4-5-6-7-8-9-10-11-12-13-14-15-16-22(30)27-21-17-18-29(26(32)28-21)25-24(41-43(36,37)38)23(31)20(40-25)19-39-42(33,34)35/h17-18,20,23-25,31H,2-16,19H2,1H3,(H2,33,34,35)(H2,36,37,38)(H,27,28,30,32)/t20-,23-,24-,25-/m1/s1. The van der Waals surface area contributed by atoms with Crippen LogP contribution < -0.4 is 11.0 Å². The van der Waals surface area contributed by atoms with Crippen LogP contribution in [0.5, 0.6) is 0 Å². The Hall–Kier alpha value is -1.51. The lowest BCUT2D eigenvalue weighted by Gasteiger charge is -2.22. The number of carbonyl (C=O) groups excluding carboxylic acids is 1. The van der Waals surface area contributed by atoms with Crippen LogP contribution in [-0.2, 0) is 27.7 Å². The fourth-order valence-electron chi connectivity index (χ4n) is 4.88. The summed E-state index contributed by atoms with van der Waals surface area (Å²) in [4.78, 5) is 65.0. The number of anilines is 1. The number of ether oxygens (including phenoxy) is 1. The largest absolute Gasteiger partial charge is 0.470 e. The van der Waals surface area contributed by atoms with Crippen molar-refractivity contribution in [2.75, 3.05) is 11.9 Å².